The van der Waals surface area contributed by atoms with Gasteiger partial charge in [-0.25, -0.2) is 4.98 Å². The SMILES string of the molecule is CNC(C)c1ccnc(SCc2ccc(Cl)cc2)c1. The number of benzene rings is 1. The van der Waals surface area contributed by atoms with Crippen molar-refractivity contribution in [1.82, 2.24) is 10.3 Å². The van der Waals surface area contributed by atoms with Gasteiger partial charge in [-0.2, -0.15) is 0 Å². The molecule has 0 saturated carbocycles. The summed E-state index contributed by atoms with van der Waals surface area (Å²) in [7, 11) is 1.96. The largest absolute Gasteiger partial charge is 0.313 e. The number of nitrogens with one attached hydrogen (secondary N) is 1. The highest BCUT2D eigenvalue weighted by molar-refractivity contribution is 7.98. The summed E-state index contributed by atoms with van der Waals surface area (Å²) in [4.78, 5) is 4.40. The Bertz CT molecular complexity index is 528. The van der Waals surface area contributed by atoms with Crippen molar-refractivity contribution in [2.45, 2.75) is 23.7 Å². The molecule has 4 heteroatoms. The van der Waals surface area contributed by atoms with E-state index in [1.54, 1.807) is 11.8 Å². The van der Waals surface area contributed by atoms with E-state index in [0.717, 1.165) is 15.8 Å². The molecule has 1 aromatic heterocycles. The molecule has 0 saturated heterocycles. The van der Waals surface area contributed by atoms with Gasteiger partial charge < -0.3 is 5.32 Å². The van der Waals surface area contributed by atoms with Gasteiger partial charge in [0, 0.05) is 23.0 Å². The molecular formula is C15H17ClN2S. The quantitative estimate of drug-likeness (QED) is 0.831. The van der Waals surface area contributed by atoms with Crippen LogP contribution in [0.1, 0.15) is 24.1 Å². The molecule has 0 aliphatic heterocycles. The molecule has 0 aliphatic rings. The van der Waals surface area contributed by atoms with E-state index >= 15 is 0 Å². The number of halogens is 1. The van der Waals surface area contributed by atoms with Crippen molar-refractivity contribution in [3.63, 3.8) is 0 Å². The first kappa shape index (κ1) is 14.4. The van der Waals surface area contributed by atoms with Crippen molar-refractivity contribution in [1.29, 1.82) is 0 Å². The Balaban J connectivity index is 2.01. The maximum Gasteiger partial charge on any atom is 0.0966 e. The fourth-order valence-corrected chi connectivity index (χ4v) is 2.67. The second-order valence-electron chi connectivity index (χ2n) is 4.35. The first-order valence-electron chi connectivity index (χ1n) is 6.19. The fourth-order valence-electron chi connectivity index (χ4n) is 1.68. The zero-order valence-electron chi connectivity index (χ0n) is 11.1. The summed E-state index contributed by atoms with van der Waals surface area (Å²) >= 11 is 7.61. The zero-order chi connectivity index (χ0) is 13.7. The molecule has 0 fully saturated rings. The Morgan fingerprint density at radius 1 is 1.26 bits per heavy atom. The maximum absolute atomic E-state index is 5.87. The highest BCUT2D eigenvalue weighted by Crippen LogP contribution is 2.24. The lowest BCUT2D eigenvalue weighted by Gasteiger charge is -2.11. The molecule has 2 rings (SSSR count). The van der Waals surface area contributed by atoms with Crippen LogP contribution in [-0.2, 0) is 5.75 Å². The third kappa shape index (κ3) is 4.23. The van der Waals surface area contributed by atoms with Crippen LogP contribution in [0, 0.1) is 0 Å². The molecule has 1 unspecified atom stereocenters. The van der Waals surface area contributed by atoms with Crippen LogP contribution in [-0.4, -0.2) is 12.0 Å². The second-order valence-corrected chi connectivity index (χ2v) is 5.78. The molecule has 0 radical (unpaired) electrons. The third-order valence-corrected chi connectivity index (χ3v) is 4.24. The van der Waals surface area contributed by atoms with Crippen LogP contribution in [0.3, 0.4) is 0 Å². The Morgan fingerprint density at radius 3 is 2.68 bits per heavy atom. The van der Waals surface area contributed by atoms with Gasteiger partial charge in [0.1, 0.15) is 0 Å². The van der Waals surface area contributed by atoms with Gasteiger partial charge in [-0.3, -0.25) is 0 Å². The first-order chi connectivity index (χ1) is 9.19. The fraction of sp³-hybridized carbons (Fsp3) is 0.267. The topological polar surface area (TPSA) is 24.9 Å². The number of pyridine rings is 1. The lowest BCUT2D eigenvalue weighted by atomic mass is 10.1. The predicted molar refractivity (Wildman–Crippen MR) is 82.7 cm³/mol. The van der Waals surface area contributed by atoms with Gasteiger partial charge in [-0.1, -0.05) is 23.7 Å². The van der Waals surface area contributed by atoms with E-state index in [9.17, 15) is 0 Å². The molecule has 19 heavy (non-hydrogen) atoms. The predicted octanol–water partition coefficient (Wildman–Crippen LogP) is 4.31. The molecular weight excluding hydrogens is 276 g/mol. The summed E-state index contributed by atoms with van der Waals surface area (Å²) in [5.74, 6) is 0.904. The van der Waals surface area contributed by atoms with Crippen LogP contribution in [0.25, 0.3) is 0 Å². The van der Waals surface area contributed by atoms with Crippen molar-refractivity contribution in [3.05, 3.63) is 58.7 Å². The first-order valence-corrected chi connectivity index (χ1v) is 7.56. The summed E-state index contributed by atoms with van der Waals surface area (Å²) in [6.07, 6.45) is 1.87. The summed E-state index contributed by atoms with van der Waals surface area (Å²) in [6, 6.07) is 12.5. The van der Waals surface area contributed by atoms with Crippen molar-refractivity contribution in [2.75, 3.05) is 7.05 Å². The molecule has 1 N–H and O–H groups in total. The van der Waals surface area contributed by atoms with Gasteiger partial charge in [-0.05, 0) is 49.4 Å². The molecule has 1 heterocycles. The van der Waals surface area contributed by atoms with Crippen LogP contribution in [0.4, 0.5) is 0 Å². The van der Waals surface area contributed by atoms with Crippen molar-refractivity contribution in [2.24, 2.45) is 0 Å². The number of hydrogen-bond acceptors (Lipinski definition) is 3. The van der Waals surface area contributed by atoms with Gasteiger partial charge in [0.05, 0.1) is 5.03 Å². The van der Waals surface area contributed by atoms with E-state index < -0.39 is 0 Å². The minimum absolute atomic E-state index is 0.345. The molecule has 1 atom stereocenters. The Hall–Kier alpha value is -1.03. The summed E-state index contributed by atoms with van der Waals surface area (Å²) in [6.45, 7) is 2.14. The maximum atomic E-state index is 5.87. The Kier molecular flexibility index (Phi) is 5.25. The second kappa shape index (κ2) is 6.94. The lowest BCUT2D eigenvalue weighted by molar-refractivity contribution is 0.649. The molecule has 100 valence electrons. The van der Waals surface area contributed by atoms with E-state index in [-0.39, 0.29) is 0 Å². The van der Waals surface area contributed by atoms with Crippen LogP contribution in [0.2, 0.25) is 5.02 Å². The summed E-state index contributed by atoms with van der Waals surface area (Å²) in [5, 5.41) is 5.06. The summed E-state index contributed by atoms with van der Waals surface area (Å²) < 4.78 is 0. The van der Waals surface area contributed by atoms with Crippen LogP contribution in [0.15, 0.2) is 47.6 Å². The van der Waals surface area contributed by atoms with E-state index in [1.165, 1.54) is 11.1 Å². The number of nitrogens with zero attached hydrogens (tertiary/aromatic N) is 1. The standard InChI is InChI=1S/C15H17ClN2S/c1-11(17-2)13-7-8-18-15(9-13)19-10-12-3-5-14(16)6-4-12/h3-9,11,17H,10H2,1-2H3. The van der Waals surface area contributed by atoms with E-state index in [2.05, 4.69) is 35.4 Å². The van der Waals surface area contributed by atoms with Gasteiger partial charge in [0.25, 0.3) is 0 Å². The molecule has 0 spiro atoms. The summed E-state index contributed by atoms with van der Waals surface area (Å²) in [5.41, 5.74) is 2.51. The van der Waals surface area contributed by atoms with E-state index in [1.807, 2.05) is 31.4 Å². The molecule has 0 bridgehead atoms. The molecule has 0 amide bonds. The number of thioether (sulfide) groups is 1. The van der Waals surface area contributed by atoms with E-state index in [4.69, 9.17) is 11.6 Å². The van der Waals surface area contributed by atoms with Gasteiger partial charge in [0.2, 0.25) is 0 Å². The molecule has 2 aromatic rings. The zero-order valence-corrected chi connectivity index (χ0v) is 12.6. The normalized spacial score (nSPS) is 12.4. The van der Waals surface area contributed by atoms with E-state index in [0.29, 0.717) is 6.04 Å². The third-order valence-electron chi connectivity index (χ3n) is 2.99. The number of aromatic nitrogens is 1. The minimum atomic E-state index is 0.345. The Morgan fingerprint density at radius 2 is 2.00 bits per heavy atom. The van der Waals surface area contributed by atoms with Crippen molar-refractivity contribution in [3.8, 4) is 0 Å². The average molecular weight is 293 g/mol. The van der Waals surface area contributed by atoms with Gasteiger partial charge >= 0.3 is 0 Å². The van der Waals surface area contributed by atoms with Crippen molar-refractivity contribution < 1.29 is 0 Å². The number of rotatable bonds is 5. The molecule has 1 aromatic carbocycles. The number of hydrogen-bond donors (Lipinski definition) is 1. The van der Waals surface area contributed by atoms with Gasteiger partial charge in [-0.15, -0.1) is 11.8 Å². The average Bonchev–Trinajstić information content (AvgIpc) is 2.46. The Labute approximate surface area is 123 Å². The van der Waals surface area contributed by atoms with Crippen molar-refractivity contribution >= 4 is 23.4 Å². The highest BCUT2D eigenvalue weighted by Gasteiger charge is 2.04. The van der Waals surface area contributed by atoms with Gasteiger partial charge in [0.15, 0.2) is 0 Å². The molecule has 2 nitrogen and oxygen atoms in total. The lowest BCUT2D eigenvalue weighted by Crippen LogP contribution is -2.12. The van der Waals surface area contributed by atoms with Crippen LogP contribution < -0.4 is 5.32 Å². The van der Waals surface area contributed by atoms with Crippen LogP contribution in [0.5, 0.6) is 0 Å². The minimum Gasteiger partial charge on any atom is -0.313 e. The monoisotopic (exact) mass is 292 g/mol. The highest BCUT2D eigenvalue weighted by atomic mass is 35.5. The van der Waals surface area contributed by atoms with Crippen LogP contribution >= 0.6 is 23.4 Å². The molecule has 0 aliphatic carbocycles. The smallest absolute Gasteiger partial charge is 0.0966 e.